The Labute approximate surface area is 132 Å². The molecule has 1 aliphatic heterocycles. The van der Waals surface area contributed by atoms with Gasteiger partial charge in [-0.3, -0.25) is 4.79 Å². The molecule has 0 aliphatic carbocycles. The number of benzene rings is 1. The maximum absolute atomic E-state index is 12.9. The molecule has 1 amide bonds. The molecule has 1 saturated heterocycles. The first kappa shape index (κ1) is 16.0. The minimum Gasteiger partial charge on any atom is -0.392 e. The molecule has 0 aromatic heterocycles. The fourth-order valence-electron chi connectivity index (χ4n) is 3.25. The average Bonchev–Trinajstić information content (AvgIpc) is 2.99. The van der Waals surface area contributed by atoms with Gasteiger partial charge in [0.15, 0.2) is 0 Å². The van der Waals surface area contributed by atoms with Crippen LogP contribution in [0.15, 0.2) is 30.3 Å². The van der Waals surface area contributed by atoms with Gasteiger partial charge in [0.05, 0.1) is 10.4 Å². The Balaban J connectivity index is 2.13. The monoisotopic (exact) mass is 304 g/mol. The Kier molecular flexibility index (Phi) is 4.99. The number of thiocarbonyl (C=S) groups is 1. The minimum absolute atomic E-state index is 0.110. The highest BCUT2D eigenvalue weighted by Crippen LogP contribution is 2.34. The van der Waals surface area contributed by atoms with Gasteiger partial charge in [0.1, 0.15) is 0 Å². The fourth-order valence-corrected chi connectivity index (χ4v) is 3.63. The predicted octanol–water partition coefficient (Wildman–Crippen LogP) is 3.10. The van der Waals surface area contributed by atoms with Crippen LogP contribution in [0.1, 0.15) is 44.6 Å². The van der Waals surface area contributed by atoms with E-state index in [9.17, 15) is 4.79 Å². The van der Waals surface area contributed by atoms with Crippen LogP contribution in [0.2, 0.25) is 0 Å². The molecule has 2 N–H and O–H groups in total. The largest absolute Gasteiger partial charge is 0.392 e. The number of likely N-dealkylation sites (tertiary alicyclic amines) is 1. The molecule has 114 valence electrons. The molecule has 1 heterocycles. The molecule has 0 spiro atoms. The highest BCUT2D eigenvalue weighted by Gasteiger charge is 2.42. The number of hydrogen-bond acceptors (Lipinski definition) is 2. The van der Waals surface area contributed by atoms with E-state index in [1.54, 1.807) is 0 Å². The zero-order chi connectivity index (χ0) is 15.5. The number of nitrogens with zero attached hydrogens (tertiary/aromatic N) is 1. The van der Waals surface area contributed by atoms with E-state index in [4.69, 9.17) is 18.0 Å². The van der Waals surface area contributed by atoms with Crippen LogP contribution in [0.4, 0.5) is 0 Å². The Hall–Kier alpha value is -1.42. The van der Waals surface area contributed by atoms with Gasteiger partial charge in [0, 0.05) is 19.0 Å². The van der Waals surface area contributed by atoms with Gasteiger partial charge in [0.2, 0.25) is 5.91 Å². The molecule has 2 rings (SSSR count). The Morgan fingerprint density at radius 1 is 1.33 bits per heavy atom. The normalized spacial score (nSPS) is 18.8. The lowest BCUT2D eigenvalue weighted by Crippen LogP contribution is -2.49. The summed E-state index contributed by atoms with van der Waals surface area (Å²) in [5.41, 5.74) is 6.53. The van der Waals surface area contributed by atoms with E-state index in [2.05, 4.69) is 24.3 Å². The molecule has 1 aromatic carbocycles. The van der Waals surface area contributed by atoms with E-state index >= 15 is 0 Å². The number of rotatable bonds is 5. The number of carbonyl (C=O) groups is 1. The van der Waals surface area contributed by atoms with E-state index in [0.717, 1.165) is 19.5 Å². The van der Waals surface area contributed by atoms with Crippen molar-refractivity contribution in [2.75, 3.05) is 13.1 Å². The summed E-state index contributed by atoms with van der Waals surface area (Å²) >= 11 is 5.19. The smallest absolute Gasteiger partial charge is 0.235 e. The van der Waals surface area contributed by atoms with Gasteiger partial charge in [0.25, 0.3) is 0 Å². The van der Waals surface area contributed by atoms with E-state index in [-0.39, 0.29) is 5.91 Å². The molecule has 21 heavy (non-hydrogen) atoms. The summed E-state index contributed by atoms with van der Waals surface area (Å²) < 4.78 is 0. The Bertz CT molecular complexity index is 511. The summed E-state index contributed by atoms with van der Waals surface area (Å²) in [7, 11) is 0. The Morgan fingerprint density at radius 3 is 2.48 bits per heavy atom. The third-order valence-electron chi connectivity index (χ3n) is 4.83. The molecule has 0 radical (unpaired) electrons. The molecule has 1 aromatic rings. The van der Waals surface area contributed by atoms with Gasteiger partial charge >= 0.3 is 0 Å². The first-order chi connectivity index (χ1) is 10.0. The van der Waals surface area contributed by atoms with Crippen LogP contribution < -0.4 is 5.73 Å². The van der Waals surface area contributed by atoms with Crippen LogP contribution in [0, 0.1) is 5.41 Å². The molecule has 1 atom stereocenters. The lowest BCUT2D eigenvalue weighted by atomic mass is 9.80. The van der Waals surface area contributed by atoms with Crippen molar-refractivity contribution in [3.8, 4) is 0 Å². The lowest BCUT2D eigenvalue weighted by Gasteiger charge is -2.33. The second-order valence-electron chi connectivity index (χ2n) is 5.80. The highest BCUT2D eigenvalue weighted by molar-refractivity contribution is 7.80. The molecular formula is C17H24N2OS. The van der Waals surface area contributed by atoms with Crippen molar-refractivity contribution in [2.45, 2.75) is 39.0 Å². The summed E-state index contributed by atoms with van der Waals surface area (Å²) in [5.74, 6) is 0.534. The number of carbonyl (C=O) groups excluding carboxylic acids is 1. The third-order valence-corrected chi connectivity index (χ3v) is 5.23. The molecule has 1 fully saturated rings. The molecule has 3 nitrogen and oxygen atoms in total. The zero-order valence-electron chi connectivity index (χ0n) is 12.8. The third kappa shape index (κ3) is 2.95. The lowest BCUT2D eigenvalue weighted by molar-refractivity contribution is -0.137. The zero-order valence-corrected chi connectivity index (χ0v) is 13.7. The average molecular weight is 304 g/mol. The first-order valence-electron chi connectivity index (χ1n) is 7.69. The second-order valence-corrected chi connectivity index (χ2v) is 6.24. The quantitative estimate of drug-likeness (QED) is 0.850. The van der Waals surface area contributed by atoms with Gasteiger partial charge in [-0.1, -0.05) is 56.4 Å². The van der Waals surface area contributed by atoms with Crippen molar-refractivity contribution < 1.29 is 4.79 Å². The standard InChI is InChI=1S/C17H24N2OS/c1-3-17(4-2,15(18)21)16(20)19-11-10-14(12-19)13-8-6-5-7-9-13/h5-9,14H,3-4,10-12H2,1-2H3,(H2,18,21). The van der Waals surface area contributed by atoms with E-state index in [1.807, 2.05) is 24.8 Å². The summed E-state index contributed by atoms with van der Waals surface area (Å²) in [5, 5.41) is 0. The van der Waals surface area contributed by atoms with Crippen LogP contribution in [0.3, 0.4) is 0 Å². The van der Waals surface area contributed by atoms with Gasteiger partial charge in [-0.15, -0.1) is 0 Å². The number of amides is 1. The SMILES string of the molecule is CCC(CC)(C(=O)N1CCC(c2ccccc2)C1)C(N)=S. The van der Waals surface area contributed by atoms with Crippen LogP contribution in [-0.4, -0.2) is 28.9 Å². The summed E-state index contributed by atoms with van der Waals surface area (Å²) in [4.78, 5) is 15.2. The molecule has 0 saturated carbocycles. The molecule has 4 heteroatoms. The molecule has 1 aliphatic rings. The van der Waals surface area contributed by atoms with Crippen LogP contribution >= 0.6 is 12.2 Å². The summed E-state index contributed by atoms with van der Waals surface area (Å²) in [6.07, 6.45) is 2.35. The van der Waals surface area contributed by atoms with Gasteiger partial charge in [-0.25, -0.2) is 0 Å². The summed E-state index contributed by atoms with van der Waals surface area (Å²) in [6, 6.07) is 10.4. The van der Waals surface area contributed by atoms with Crippen molar-refractivity contribution in [1.29, 1.82) is 0 Å². The first-order valence-corrected chi connectivity index (χ1v) is 8.10. The maximum atomic E-state index is 12.9. The van der Waals surface area contributed by atoms with Gasteiger partial charge in [-0.05, 0) is 24.8 Å². The highest BCUT2D eigenvalue weighted by atomic mass is 32.1. The van der Waals surface area contributed by atoms with Gasteiger partial charge in [-0.2, -0.15) is 0 Å². The van der Waals surface area contributed by atoms with Crippen LogP contribution in [0.5, 0.6) is 0 Å². The van der Waals surface area contributed by atoms with E-state index in [0.29, 0.717) is 23.7 Å². The van der Waals surface area contributed by atoms with E-state index in [1.165, 1.54) is 5.56 Å². The van der Waals surface area contributed by atoms with Crippen molar-refractivity contribution in [3.05, 3.63) is 35.9 Å². The topological polar surface area (TPSA) is 46.3 Å². The maximum Gasteiger partial charge on any atom is 0.235 e. The second kappa shape index (κ2) is 6.56. The molecule has 0 bridgehead atoms. The van der Waals surface area contributed by atoms with Crippen molar-refractivity contribution in [3.63, 3.8) is 0 Å². The number of hydrogen-bond donors (Lipinski definition) is 1. The van der Waals surface area contributed by atoms with Crippen molar-refractivity contribution in [1.82, 2.24) is 4.90 Å². The van der Waals surface area contributed by atoms with E-state index < -0.39 is 5.41 Å². The van der Waals surface area contributed by atoms with Crippen molar-refractivity contribution >= 4 is 23.1 Å². The number of nitrogens with two attached hydrogens (primary N) is 1. The van der Waals surface area contributed by atoms with Gasteiger partial charge < -0.3 is 10.6 Å². The van der Waals surface area contributed by atoms with Crippen LogP contribution in [-0.2, 0) is 4.79 Å². The fraction of sp³-hybridized carbons (Fsp3) is 0.529. The Morgan fingerprint density at radius 2 is 1.95 bits per heavy atom. The molecule has 1 unspecified atom stereocenters. The van der Waals surface area contributed by atoms with Crippen molar-refractivity contribution in [2.24, 2.45) is 11.1 Å². The molecular weight excluding hydrogens is 280 g/mol. The van der Waals surface area contributed by atoms with Crippen LogP contribution in [0.25, 0.3) is 0 Å². The minimum atomic E-state index is -0.666. The summed E-state index contributed by atoms with van der Waals surface area (Å²) in [6.45, 7) is 5.55. The predicted molar refractivity (Wildman–Crippen MR) is 90.2 cm³/mol.